The highest BCUT2D eigenvalue weighted by atomic mass is 19.4. The quantitative estimate of drug-likeness (QED) is 0.750. The first-order valence-corrected chi connectivity index (χ1v) is 4.84. The van der Waals surface area contributed by atoms with E-state index in [-0.39, 0.29) is 12.6 Å². The summed E-state index contributed by atoms with van der Waals surface area (Å²) in [6.45, 7) is -0.988. The minimum atomic E-state index is -4.21. The molecule has 0 radical (unpaired) electrons. The normalized spacial score (nSPS) is 20.6. The molecule has 1 fully saturated rings. The number of ether oxygens (including phenoxy) is 1. The molecule has 14 heavy (non-hydrogen) atoms. The van der Waals surface area contributed by atoms with Gasteiger partial charge in [0.25, 0.3) is 0 Å². The van der Waals surface area contributed by atoms with E-state index in [1.54, 1.807) is 7.05 Å². The van der Waals surface area contributed by atoms with Crippen molar-refractivity contribution in [3.8, 4) is 0 Å². The van der Waals surface area contributed by atoms with Crippen molar-refractivity contribution in [1.29, 1.82) is 0 Å². The lowest BCUT2D eigenvalue weighted by atomic mass is 9.80. The van der Waals surface area contributed by atoms with Gasteiger partial charge in [-0.2, -0.15) is 13.2 Å². The maximum Gasteiger partial charge on any atom is 0.411 e. The van der Waals surface area contributed by atoms with Crippen molar-refractivity contribution in [2.45, 2.75) is 31.5 Å². The van der Waals surface area contributed by atoms with Gasteiger partial charge in [-0.05, 0) is 25.8 Å². The molecule has 0 spiro atoms. The van der Waals surface area contributed by atoms with Gasteiger partial charge >= 0.3 is 6.18 Å². The molecular formula is C9H16F3NO. The zero-order valence-corrected chi connectivity index (χ0v) is 8.23. The molecule has 0 aromatic rings. The summed E-state index contributed by atoms with van der Waals surface area (Å²) in [5, 5.41) is 3.00. The fraction of sp³-hybridized carbons (Fsp3) is 1.00. The highest BCUT2D eigenvalue weighted by Crippen LogP contribution is 2.29. The summed E-state index contributed by atoms with van der Waals surface area (Å²) in [5.41, 5.74) is 0. The number of hydrogen-bond acceptors (Lipinski definition) is 2. The average molecular weight is 211 g/mol. The first kappa shape index (κ1) is 11.8. The number of rotatable bonds is 5. The Kier molecular flexibility index (Phi) is 4.19. The van der Waals surface area contributed by atoms with Crippen molar-refractivity contribution in [3.05, 3.63) is 0 Å². The number of nitrogens with one attached hydrogen (secondary N) is 1. The lowest BCUT2D eigenvalue weighted by Crippen LogP contribution is -2.41. The minimum Gasteiger partial charge on any atom is -0.370 e. The van der Waals surface area contributed by atoms with E-state index in [4.69, 9.17) is 0 Å². The van der Waals surface area contributed by atoms with Gasteiger partial charge in [0.05, 0.1) is 6.61 Å². The zero-order valence-electron chi connectivity index (χ0n) is 8.23. The third kappa shape index (κ3) is 3.84. The van der Waals surface area contributed by atoms with Crippen LogP contribution in [0.3, 0.4) is 0 Å². The molecule has 0 amide bonds. The van der Waals surface area contributed by atoms with Gasteiger partial charge in [0.2, 0.25) is 0 Å². The third-order valence-electron chi connectivity index (χ3n) is 2.65. The summed E-state index contributed by atoms with van der Waals surface area (Å²) in [4.78, 5) is 0. The Bertz CT molecular complexity index is 168. The van der Waals surface area contributed by atoms with E-state index in [1.165, 1.54) is 6.42 Å². The van der Waals surface area contributed by atoms with Crippen LogP contribution in [0.1, 0.15) is 19.3 Å². The van der Waals surface area contributed by atoms with Gasteiger partial charge in [-0.15, -0.1) is 0 Å². The Morgan fingerprint density at radius 2 is 2.07 bits per heavy atom. The van der Waals surface area contributed by atoms with Crippen LogP contribution in [0.5, 0.6) is 0 Å². The number of hydrogen-bond donors (Lipinski definition) is 1. The Labute approximate surface area is 81.8 Å². The van der Waals surface area contributed by atoms with Crippen LogP contribution < -0.4 is 5.32 Å². The molecule has 0 heterocycles. The van der Waals surface area contributed by atoms with Crippen LogP contribution in [-0.4, -0.2) is 32.5 Å². The maximum absolute atomic E-state index is 11.8. The molecule has 5 heteroatoms. The lowest BCUT2D eigenvalue weighted by Gasteiger charge is -2.33. The Morgan fingerprint density at radius 1 is 1.43 bits per heavy atom. The van der Waals surface area contributed by atoms with Crippen LogP contribution in [0, 0.1) is 5.92 Å². The standard InChI is InChI=1S/C9H16F3NO/c1-13-8(7-3-2-4-7)5-14-6-9(10,11)12/h7-8,13H,2-6H2,1H3. The lowest BCUT2D eigenvalue weighted by molar-refractivity contribution is -0.176. The molecule has 1 aliphatic carbocycles. The topological polar surface area (TPSA) is 21.3 Å². The van der Waals surface area contributed by atoms with Crippen molar-refractivity contribution >= 4 is 0 Å². The maximum atomic E-state index is 11.8. The molecule has 0 aromatic carbocycles. The molecule has 1 aliphatic rings. The van der Waals surface area contributed by atoms with Crippen molar-refractivity contribution in [3.63, 3.8) is 0 Å². The molecule has 1 saturated carbocycles. The summed E-state index contributed by atoms with van der Waals surface area (Å²) >= 11 is 0. The molecule has 0 aliphatic heterocycles. The minimum absolute atomic E-state index is 0.0751. The van der Waals surface area contributed by atoms with Crippen LogP contribution >= 0.6 is 0 Å². The van der Waals surface area contributed by atoms with Crippen LogP contribution in [0.15, 0.2) is 0 Å². The number of alkyl halides is 3. The van der Waals surface area contributed by atoms with Crippen LogP contribution in [0.4, 0.5) is 13.2 Å². The first-order chi connectivity index (χ1) is 6.53. The Morgan fingerprint density at radius 3 is 2.43 bits per heavy atom. The van der Waals surface area contributed by atoms with E-state index < -0.39 is 12.8 Å². The summed E-state index contributed by atoms with van der Waals surface area (Å²) in [6, 6.07) is 0.0751. The second-order valence-electron chi connectivity index (χ2n) is 3.72. The molecular weight excluding hydrogens is 195 g/mol. The monoisotopic (exact) mass is 211 g/mol. The molecule has 0 bridgehead atoms. The summed E-state index contributed by atoms with van der Waals surface area (Å²) in [6.07, 6.45) is -0.832. The van der Waals surface area contributed by atoms with Crippen molar-refractivity contribution < 1.29 is 17.9 Å². The second kappa shape index (κ2) is 4.98. The van der Waals surface area contributed by atoms with Crippen molar-refractivity contribution in [1.82, 2.24) is 5.32 Å². The van der Waals surface area contributed by atoms with E-state index in [0.717, 1.165) is 12.8 Å². The van der Waals surface area contributed by atoms with E-state index in [1.807, 2.05) is 0 Å². The molecule has 84 valence electrons. The fourth-order valence-corrected chi connectivity index (χ4v) is 1.60. The van der Waals surface area contributed by atoms with Crippen LogP contribution in [-0.2, 0) is 4.74 Å². The van der Waals surface area contributed by atoms with Gasteiger partial charge in [0.15, 0.2) is 0 Å². The van der Waals surface area contributed by atoms with Gasteiger partial charge in [-0.3, -0.25) is 0 Å². The van der Waals surface area contributed by atoms with Gasteiger partial charge in [0, 0.05) is 6.04 Å². The largest absolute Gasteiger partial charge is 0.411 e. The first-order valence-electron chi connectivity index (χ1n) is 4.84. The highest BCUT2D eigenvalue weighted by molar-refractivity contribution is 4.81. The third-order valence-corrected chi connectivity index (χ3v) is 2.65. The van der Waals surface area contributed by atoms with E-state index >= 15 is 0 Å². The van der Waals surface area contributed by atoms with Crippen molar-refractivity contribution in [2.75, 3.05) is 20.3 Å². The Hall–Kier alpha value is -0.290. The summed E-state index contributed by atoms with van der Waals surface area (Å²) in [5.74, 6) is 0.494. The molecule has 1 atom stereocenters. The molecule has 2 nitrogen and oxygen atoms in total. The summed E-state index contributed by atoms with van der Waals surface area (Å²) in [7, 11) is 1.76. The highest BCUT2D eigenvalue weighted by Gasteiger charge is 2.30. The van der Waals surface area contributed by atoms with Crippen molar-refractivity contribution in [2.24, 2.45) is 5.92 Å². The van der Waals surface area contributed by atoms with E-state index in [0.29, 0.717) is 5.92 Å². The van der Waals surface area contributed by atoms with Gasteiger partial charge in [0.1, 0.15) is 6.61 Å². The molecule has 1 rings (SSSR count). The zero-order chi connectivity index (χ0) is 10.6. The van der Waals surface area contributed by atoms with E-state index in [9.17, 15) is 13.2 Å². The summed E-state index contributed by atoms with van der Waals surface area (Å²) < 4.78 is 39.9. The van der Waals surface area contributed by atoms with Gasteiger partial charge in [-0.25, -0.2) is 0 Å². The van der Waals surface area contributed by atoms with Gasteiger partial charge in [-0.1, -0.05) is 6.42 Å². The Balaban J connectivity index is 2.14. The average Bonchev–Trinajstić information content (AvgIpc) is 1.96. The fourth-order valence-electron chi connectivity index (χ4n) is 1.60. The molecule has 1 N–H and O–H groups in total. The molecule has 0 saturated heterocycles. The predicted molar refractivity (Wildman–Crippen MR) is 47.1 cm³/mol. The predicted octanol–water partition coefficient (Wildman–Crippen LogP) is 1.95. The molecule has 1 unspecified atom stereocenters. The number of likely N-dealkylation sites (N-methyl/N-ethyl adjacent to an activating group) is 1. The van der Waals surface area contributed by atoms with E-state index in [2.05, 4.69) is 10.1 Å². The number of halogens is 3. The van der Waals surface area contributed by atoms with Crippen LogP contribution in [0.2, 0.25) is 0 Å². The van der Waals surface area contributed by atoms with Crippen LogP contribution in [0.25, 0.3) is 0 Å². The smallest absolute Gasteiger partial charge is 0.370 e. The second-order valence-corrected chi connectivity index (χ2v) is 3.72. The SMILES string of the molecule is CNC(COCC(F)(F)F)C1CCC1. The molecule has 0 aromatic heterocycles. The van der Waals surface area contributed by atoms with Gasteiger partial charge < -0.3 is 10.1 Å².